The first-order chi connectivity index (χ1) is 20.5. The topological polar surface area (TPSA) is 89.8 Å². The average Bonchev–Trinajstić information content (AvgIpc) is 3.40. The van der Waals surface area contributed by atoms with Crippen LogP contribution in [0.15, 0.2) is 59.0 Å². The third-order valence-electron chi connectivity index (χ3n) is 7.70. The number of benzene rings is 2. The monoisotopic (exact) mass is 592 g/mol. The minimum atomic E-state index is -0.313. The number of rotatable bonds is 15. The molecule has 0 aliphatic heterocycles. The van der Waals surface area contributed by atoms with Crippen LogP contribution >= 0.6 is 11.8 Å². The number of carbonyl (C=O) groups is 2. The standard InChI is InChI=1S/C34H44N2O5S/c1-4-39-32(37)19-20-35-34(38)27-11-15-28(16-12-27)36-33(26-9-6-5-7-10-26)30-23-31(41-24(30)2)25-13-17-29(18-14-25)40-21-8-22-42-3/h11-18,23,26,33,36H,4-10,19-22H2,1-3H3,(H,35,38). The molecule has 1 atom stereocenters. The second-order valence-electron chi connectivity index (χ2n) is 10.7. The summed E-state index contributed by atoms with van der Waals surface area (Å²) in [7, 11) is 0. The van der Waals surface area contributed by atoms with Crippen molar-refractivity contribution in [2.75, 3.05) is 37.1 Å². The van der Waals surface area contributed by atoms with Gasteiger partial charge in [-0.15, -0.1) is 0 Å². The molecule has 4 rings (SSSR count). The lowest BCUT2D eigenvalue weighted by molar-refractivity contribution is -0.142. The number of ether oxygens (including phenoxy) is 2. The van der Waals surface area contributed by atoms with Crippen molar-refractivity contribution in [3.05, 3.63) is 71.5 Å². The Morgan fingerprint density at radius 2 is 1.79 bits per heavy atom. The smallest absolute Gasteiger partial charge is 0.307 e. The summed E-state index contributed by atoms with van der Waals surface area (Å²) in [5.74, 6) is 3.72. The highest BCUT2D eigenvalue weighted by molar-refractivity contribution is 7.98. The van der Waals surface area contributed by atoms with Crippen molar-refractivity contribution in [3.8, 4) is 17.1 Å². The Hall–Kier alpha value is -3.39. The molecular formula is C34H44N2O5S. The van der Waals surface area contributed by atoms with Crippen LogP contribution in [0.1, 0.15) is 79.6 Å². The van der Waals surface area contributed by atoms with Crippen molar-refractivity contribution in [1.82, 2.24) is 5.32 Å². The highest BCUT2D eigenvalue weighted by Gasteiger charge is 2.28. The third kappa shape index (κ3) is 9.05. The van der Waals surface area contributed by atoms with Gasteiger partial charge < -0.3 is 24.5 Å². The molecule has 1 unspecified atom stereocenters. The summed E-state index contributed by atoms with van der Waals surface area (Å²) in [6.07, 6.45) is 9.38. The summed E-state index contributed by atoms with van der Waals surface area (Å²) in [5.41, 5.74) is 3.72. The molecule has 0 spiro atoms. The van der Waals surface area contributed by atoms with Gasteiger partial charge in [0.25, 0.3) is 5.91 Å². The van der Waals surface area contributed by atoms with Crippen LogP contribution in [0.2, 0.25) is 0 Å². The summed E-state index contributed by atoms with van der Waals surface area (Å²) < 4.78 is 17.1. The molecule has 0 saturated heterocycles. The van der Waals surface area contributed by atoms with Crippen LogP contribution in [0, 0.1) is 12.8 Å². The largest absolute Gasteiger partial charge is 0.494 e. The lowest BCUT2D eigenvalue weighted by Gasteiger charge is -2.31. The van der Waals surface area contributed by atoms with Crippen molar-refractivity contribution >= 4 is 29.3 Å². The molecule has 2 N–H and O–H groups in total. The van der Waals surface area contributed by atoms with Crippen LogP contribution in [-0.2, 0) is 9.53 Å². The number of anilines is 1. The van der Waals surface area contributed by atoms with E-state index in [0.717, 1.165) is 47.3 Å². The van der Waals surface area contributed by atoms with Crippen molar-refractivity contribution in [2.45, 2.75) is 64.8 Å². The lowest BCUT2D eigenvalue weighted by atomic mass is 9.81. The highest BCUT2D eigenvalue weighted by atomic mass is 32.2. The molecule has 8 heteroatoms. The fraction of sp³-hybridized carbons (Fsp3) is 0.471. The zero-order chi connectivity index (χ0) is 29.7. The average molecular weight is 593 g/mol. The number of thioether (sulfide) groups is 1. The first-order valence-electron chi connectivity index (χ1n) is 15.1. The number of carbonyl (C=O) groups excluding carboxylic acids is 2. The molecular weight excluding hydrogens is 548 g/mol. The van der Waals surface area contributed by atoms with E-state index in [1.54, 1.807) is 6.92 Å². The number of nitrogens with one attached hydrogen (secondary N) is 2. The van der Waals surface area contributed by atoms with Gasteiger partial charge in [0.2, 0.25) is 0 Å². The molecule has 1 aromatic heterocycles. The van der Waals surface area contributed by atoms with E-state index in [-0.39, 0.29) is 30.9 Å². The Morgan fingerprint density at radius 1 is 1.05 bits per heavy atom. The van der Waals surface area contributed by atoms with Crippen LogP contribution in [0.25, 0.3) is 11.3 Å². The second-order valence-corrected chi connectivity index (χ2v) is 11.7. The summed E-state index contributed by atoms with van der Waals surface area (Å²) >= 11 is 1.83. The Morgan fingerprint density at radius 3 is 2.48 bits per heavy atom. The van der Waals surface area contributed by atoms with E-state index in [9.17, 15) is 9.59 Å². The maximum absolute atomic E-state index is 12.6. The van der Waals surface area contributed by atoms with Gasteiger partial charge in [-0.25, -0.2) is 0 Å². The molecule has 42 heavy (non-hydrogen) atoms. The number of esters is 1. The predicted molar refractivity (Wildman–Crippen MR) is 170 cm³/mol. The van der Waals surface area contributed by atoms with E-state index in [0.29, 0.717) is 18.1 Å². The SMILES string of the molecule is CCOC(=O)CCNC(=O)c1ccc(NC(c2cc(-c3ccc(OCCCSC)cc3)oc2C)C2CCCCC2)cc1. The molecule has 1 aliphatic carbocycles. The molecule has 226 valence electrons. The predicted octanol–water partition coefficient (Wildman–Crippen LogP) is 7.80. The molecule has 1 amide bonds. The number of amides is 1. The summed E-state index contributed by atoms with van der Waals surface area (Å²) in [4.78, 5) is 24.1. The Kier molecular flexibility index (Phi) is 12.2. The molecule has 1 heterocycles. The van der Waals surface area contributed by atoms with Crippen LogP contribution in [0.5, 0.6) is 5.75 Å². The van der Waals surface area contributed by atoms with Gasteiger partial charge in [0.05, 0.1) is 25.7 Å². The number of hydrogen-bond donors (Lipinski definition) is 2. The van der Waals surface area contributed by atoms with Gasteiger partial charge in [-0.05, 0) is 106 Å². The van der Waals surface area contributed by atoms with E-state index < -0.39 is 0 Å². The van der Waals surface area contributed by atoms with Gasteiger partial charge in [0.15, 0.2) is 0 Å². The Balaban J connectivity index is 1.44. The van der Waals surface area contributed by atoms with Gasteiger partial charge in [-0.3, -0.25) is 9.59 Å². The Bertz CT molecular complexity index is 1270. The van der Waals surface area contributed by atoms with E-state index in [4.69, 9.17) is 13.9 Å². The van der Waals surface area contributed by atoms with Crippen LogP contribution in [-0.4, -0.2) is 43.6 Å². The quantitative estimate of drug-likeness (QED) is 0.137. The first-order valence-corrected chi connectivity index (χ1v) is 16.5. The van der Waals surface area contributed by atoms with Gasteiger partial charge in [0, 0.05) is 28.9 Å². The van der Waals surface area contributed by atoms with E-state index in [1.165, 1.54) is 37.7 Å². The summed E-state index contributed by atoms with van der Waals surface area (Å²) in [5, 5.41) is 6.57. The molecule has 1 saturated carbocycles. The van der Waals surface area contributed by atoms with Crippen molar-refractivity contribution < 1.29 is 23.5 Å². The molecule has 0 bridgehead atoms. The lowest BCUT2D eigenvalue weighted by Crippen LogP contribution is -2.26. The molecule has 7 nitrogen and oxygen atoms in total. The first kappa shape index (κ1) is 31.5. The maximum Gasteiger partial charge on any atom is 0.307 e. The minimum Gasteiger partial charge on any atom is -0.494 e. The minimum absolute atomic E-state index is 0.103. The fourth-order valence-corrected chi connectivity index (χ4v) is 5.89. The number of hydrogen-bond acceptors (Lipinski definition) is 7. The van der Waals surface area contributed by atoms with E-state index >= 15 is 0 Å². The van der Waals surface area contributed by atoms with Crippen molar-refractivity contribution in [2.24, 2.45) is 5.92 Å². The molecule has 2 aromatic carbocycles. The maximum atomic E-state index is 12.6. The number of furan rings is 1. The van der Waals surface area contributed by atoms with Gasteiger partial charge in [-0.2, -0.15) is 11.8 Å². The second kappa shape index (κ2) is 16.3. The summed E-state index contributed by atoms with van der Waals surface area (Å²) in [6.45, 7) is 5.12. The van der Waals surface area contributed by atoms with Crippen LogP contribution < -0.4 is 15.4 Å². The van der Waals surface area contributed by atoms with Gasteiger partial charge >= 0.3 is 5.97 Å². The van der Waals surface area contributed by atoms with E-state index in [2.05, 4.69) is 35.1 Å². The zero-order valence-corrected chi connectivity index (χ0v) is 25.9. The fourth-order valence-electron chi connectivity index (χ4n) is 5.48. The molecule has 3 aromatic rings. The zero-order valence-electron chi connectivity index (χ0n) is 25.1. The van der Waals surface area contributed by atoms with Gasteiger partial charge in [-0.1, -0.05) is 19.3 Å². The van der Waals surface area contributed by atoms with Crippen LogP contribution in [0.3, 0.4) is 0 Å². The highest BCUT2D eigenvalue weighted by Crippen LogP contribution is 2.40. The molecule has 0 radical (unpaired) electrons. The Labute approximate surface area is 254 Å². The van der Waals surface area contributed by atoms with Crippen molar-refractivity contribution in [1.29, 1.82) is 0 Å². The third-order valence-corrected chi connectivity index (χ3v) is 8.40. The number of aryl methyl sites for hydroxylation is 1. The van der Waals surface area contributed by atoms with E-state index in [1.807, 2.05) is 55.1 Å². The molecule has 1 aliphatic rings. The van der Waals surface area contributed by atoms with Crippen molar-refractivity contribution in [3.63, 3.8) is 0 Å². The summed E-state index contributed by atoms with van der Waals surface area (Å²) in [6, 6.07) is 18.0. The van der Waals surface area contributed by atoms with Gasteiger partial charge in [0.1, 0.15) is 17.3 Å². The normalized spacial score (nSPS) is 14.3. The molecule has 1 fully saturated rings. The van der Waals surface area contributed by atoms with Crippen LogP contribution in [0.4, 0.5) is 5.69 Å².